The van der Waals surface area contributed by atoms with Crippen LogP contribution in [0.1, 0.15) is 41.3 Å². The van der Waals surface area contributed by atoms with Crippen LogP contribution >= 0.6 is 0 Å². The Balaban J connectivity index is 1.49. The molecule has 1 aliphatic carbocycles. The van der Waals surface area contributed by atoms with Crippen LogP contribution < -0.4 is 10.8 Å². The van der Waals surface area contributed by atoms with E-state index in [1.165, 1.54) is 0 Å². The second-order valence-corrected chi connectivity index (χ2v) is 8.19. The minimum Gasteiger partial charge on any atom is -0.338 e. The van der Waals surface area contributed by atoms with E-state index < -0.39 is 6.04 Å². The lowest BCUT2D eigenvalue weighted by Gasteiger charge is -2.12. The standard InChI is InChI=1S/C23H24N2O4/c1-14-3-4-15(12-20(26)23(2)9-10-23)11-18(14)16-5-7-17(8-6-16)21(27)24-19-13-29-25-22(19)28/h3-8,11,19H,9-10,12-13H2,1-2H3,(H,24,27)(H,25,28)/t19-/m1/s1. The van der Waals surface area contributed by atoms with E-state index in [1.54, 1.807) is 12.1 Å². The maximum absolute atomic E-state index is 12.4. The maximum atomic E-state index is 12.4. The van der Waals surface area contributed by atoms with Gasteiger partial charge in [0.15, 0.2) is 0 Å². The number of carbonyl (C=O) groups excluding carboxylic acids is 3. The van der Waals surface area contributed by atoms with Crippen LogP contribution in [0.4, 0.5) is 0 Å². The zero-order valence-electron chi connectivity index (χ0n) is 16.6. The van der Waals surface area contributed by atoms with Gasteiger partial charge in [-0.05, 0) is 54.2 Å². The molecule has 6 nitrogen and oxygen atoms in total. The number of carbonyl (C=O) groups is 3. The highest BCUT2D eigenvalue weighted by atomic mass is 16.7. The Morgan fingerprint density at radius 3 is 2.52 bits per heavy atom. The van der Waals surface area contributed by atoms with Crippen molar-refractivity contribution in [2.45, 2.75) is 39.2 Å². The Hall–Kier alpha value is -2.99. The topological polar surface area (TPSA) is 84.5 Å². The van der Waals surface area contributed by atoms with E-state index in [0.717, 1.165) is 35.1 Å². The van der Waals surface area contributed by atoms with Gasteiger partial charge in [-0.25, -0.2) is 5.48 Å². The molecule has 1 heterocycles. The van der Waals surface area contributed by atoms with Gasteiger partial charge in [-0.3, -0.25) is 19.2 Å². The molecule has 2 N–H and O–H groups in total. The minimum absolute atomic E-state index is 0.117. The second kappa shape index (κ2) is 7.44. The van der Waals surface area contributed by atoms with E-state index in [1.807, 2.05) is 38.1 Å². The Labute approximate surface area is 169 Å². The molecule has 2 aromatic carbocycles. The van der Waals surface area contributed by atoms with Crippen LogP contribution in [0.25, 0.3) is 11.1 Å². The van der Waals surface area contributed by atoms with Crippen molar-refractivity contribution in [3.8, 4) is 11.1 Å². The predicted molar refractivity (Wildman–Crippen MR) is 108 cm³/mol. The van der Waals surface area contributed by atoms with Gasteiger partial charge in [-0.2, -0.15) is 0 Å². The third-order valence-electron chi connectivity index (χ3n) is 5.84. The van der Waals surface area contributed by atoms with Gasteiger partial charge < -0.3 is 5.32 Å². The van der Waals surface area contributed by atoms with Crippen molar-refractivity contribution in [1.29, 1.82) is 0 Å². The number of hydrogen-bond donors (Lipinski definition) is 2. The first-order chi connectivity index (χ1) is 13.9. The summed E-state index contributed by atoms with van der Waals surface area (Å²) in [5.41, 5.74) is 6.71. The van der Waals surface area contributed by atoms with Crippen LogP contribution in [-0.4, -0.2) is 30.2 Å². The van der Waals surface area contributed by atoms with Crippen molar-refractivity contribution in [1.82, 2.24) is 10.8 Å². The SMILES string of the molecule is Cc1ccc(CC(=O)C2(C)CC2)cc1-c1ccc(C(=O)N[C@@H]2CONC2=O)cc1. The Bertz CT molecular complexity index is 977. The van der Waals surface area contributed by atoms with Crippen molar-refractivity contribution in [3.63, 3.8) is 0 Å². The number of Topliss-reactive ketones (excluding diaryl/α,β-unsaturated/α-hetero) is 1. The summed E-state index contributed by atoms with van der Waals surface area (Å²) in [7, 11) is 0. The van der Waals surface area contributed by atoms with Crippen LogP contribution in [0, 0.1) is 12.3 Å². The van der Waals surface area contributed by atoms with Crippen molar-refractivity contribution in [3.05, 3.63) is 59.2 Å². The number of aryl methyl sites for hydroxylation is 1. The number of nitrogens with one attached hydrogen (secondary N) is 2. The van der Waals surface area contributed by atoms with Gasteiger partial charge in [0.2, 0.25) is 0 Å². The Morgan fingerprint density at radius 2 is 1.90 bits per heavy atom. The normalized spacial score (nSPS) is 19.5. The molecule has 0 spiro atoms. The number of benzene rings is 2. The fourth-order valence-electron chi connectivity index (χ4n) is 3.45. The Kier molecular flexibility index (Phi) is 4.96. The first-order valence-electron chi connectivity index (χ1n) is 9.81. The molecule has 150 valence electrons. The van der Waals surface area contributed by atoms with E-state index in [2.05, 4.69) is 16.9 Å². The van der Waals surface area contributed by atoms with Crippen molar-refractivity contribution < 1.29 is 19.2 Å². The average Bonchev–Trinajstić information content (AvgIpc) is 3.35. The van der Waals surface area contributed by atoms with Crippen molar-refractivity contribution in [2.24, 2.45) is 5.41 Å². The van der Waals surface area contributed by atoms with Gasteiger partial charge in [0, 0.05) is 17.4 Å². The van der Waals surface area contributed by atoms with Crippen LogP contribution in [0.15, 0.2) is 42.5 Å². The lowest BCUT2D eigenvalue weighted by Crippen LogP contribution is -2.41. The fourth-order valence-corrected chi connectivity index (χ4v) is 3.45. The molecule has 0 unspecified atom stereocenters. The van der Waals surface area contributed by atoms with Gasteiger partial charge in [0.05, 0.1) is 0 Å². The first kappa shape index (κ1) is 19.3. The summed E-state index contributed by atoms with van der Waals surface area (Å²) in [6, 6.07) is 12.7. The van der Waals surface area contributed by atoms with Crippen molar-refractivity contribution >= 4 is 17.6 Å². The van der Waals surface area contributed by atoms with Crippen LogP contribution in [-0.2, 0) is 20.8 Å². The van der Waals surface area contributed by atoms with E-state index >= 15 is 0 Å². The predicted octanol–water partition coefficient (Wildman–Crippen LogP) is 2.73. The van der Waals surface area contributed by atoms with Crippen LogP contribution in [0.3, 0.4) is 0 Å². The number of hydroxylamine groups is 1. The molecule has 4 rings (SSSR count). The molecule has 1 saturated carbocycles. The molecule has 1 aliphatic heterocycles. The molecule has 1 saturated heterocycles. The highest BCUT2D eigenvalue weighted by molar-refractivity contribution is 5.98. The number of hydrogen-bond acceptors (Lipinski definition) is 4. The molecule has 29 heavy (non-hydrogen) atoms. The summed E-state index contributed by atoms with van der Waals surface area (Å²) in [5.74, 6) is -0.368. The number of rotatable bonds is 6. The molecule has 2 aliphatic rings. The first-order valence-corrected chi connectivity index (χ1v) is 9.81. The average molecular weight is 392 g/mol. The largest absolute Gasteiger partial charge is 0.338 e. The zero-order valence-corrected chi connectivity index (χ0v) is 16.6. The second-order valence-electron chi connectivity index (χ2n) is 8.19. The lowest BCUT2D eigenvalue weighted by atomic mass is 9.92. The summed E-state index contributed by atoms with van der Waals surface area (Å²) < 4.78 is 0. The van der Waals surface area contributed by atoms with Gasteiger partial charge in [0.25, 0.3) is 11.8 Å². The van der Waals surface area contributed by atoms with Crippen LogP contribution in [0.2, 0.25) is 0 Å². The molecule has 6 heteroatoms. The molecule has 0 radical (unpaired) electrons. The quantitative estimate of drug-likeness (QED) is 0.792. The molecule has 2 amide bonds. The summed E-state index contributed by atoms with van der Waals surface area (Å²) in [6.45, 7) is 4.18. The van der Waals surface area contributed by atoms with E-state index in [4.69, 9.17) is 4.84 Å². The Morgan fingerprint density at radius 1 is 1.17 bits per heavy atom. The molecular weight excluding hydrogens is 368 g/mol. The molecule has 2 fully saturated rings. The summed E-state index contributed by atoms with van der Waals surface area (Å²) in [6.07, 6.45) is 2.43. The fraction of sp³-hybridized carbons (Fsp3) is 0.348. The third kappa shape index (κ3) is 4.07. The minimum atomic E-state index is -0.674. The van der Waals surface area contributed by atoms with E-state index in [-0.39, 0.29) is 23.8 Å². The van der Waals surface area contributed by atoms with Crippen LogP contribution in [0.5, 0.6) is 0 Å². The lowest BCUT2D eigenvalue weighted by molar-refractivity contribution is -0.125. The van der Waals surface area contributed by atoms with Crippen molar-refractivity contribution in [2.75, 3.05) is 6.61 Å². The summed E-state index contributed by atoms with van der Waals surface area (Å²) >= 11 is 0. The number of ketones is 1. The third-order valence-corrected chi connectivity index (χ3v) is 5.84. The number of amides is 2. The highest BCUT2D eigenvalue weighted by Gasteiger charge is 2.43. The van der Waals surface area contributed by atoms with Gasteiger partial charge in [0.1, 0.15) is 18.4 Å². The molecule has 0 aromatic heterocycles. The summed E-state index contributed by atoms with van der Waals surface area (Å²) in [4.78, 5) is 41.1. The van der Waals surface area contributed by atoms with E-state index in [9.17, 15) is 14.4 Å². The maximum Gasteiger partial charge on any atom is 0.268 e. The summed E-state index contributed by atoms with van der Waals surface area (Å²) in [5, 5.41) is 2.65. The monoisotopic (exact) mass is 392 g/mol. The van der Waals surface area contributed by atoms with Gasteiger partial charge >= 0.3 is 0 Å². The molecular formula is C23H24N2O4. The molecule has 1 atom stereocenters. The van der Waals surface area contributed by atoms with E-state index in [0.29, 0.717) is 17.8 Å². The smallest absolute Gasteiger partial charge is 0.268 e. The van der Waals surface area contributed by atoms with Gasteiger partial charge in [-0.15, -0.1) is 0 Å². The molecule has 0 bridgehead atoms. The molecule has 2 aromatic rings. The highest BCUT2D eigenvalue weighted by Crippen LogP contribution is 2.46. The zero-order chi connectivity index (χ0) is 20.6. The van der Waals surface area contributed by atoms with Gasteiger partial charge in [-0.1, -0.05) is 37.3 Å².